The van der Waals surface area contributed by atoms with Crippen LogP contribution in [0.4, 0.5) is 0 Å². The van der Waals surface area contributed by atoms with Crippen molar-refractivity contribution in [2.45, 2.75) is 38.5 Å². The summed E-state index contributed by atoms with van der Waals surface area (Å²) >= 11 is 0. The summed E-state index contributed by atoms with van der Waals surface area (Å²) in [6.07, 6.45) is 2.65. The molecule has 2 fully saturated rings. The van der Waals surface area contributed by atoms with Crippen molar-refractivity contribution in [1.82, 2.24) is 9.97 Å². The number of carbonyl (C=O) groups is 1. The quantitative estimate of drug-likeness (QED) is 0.872. The molecule has 4 rings (SSSR count). The summed E-state index contributed by atoms with van der Waals surface area (Å²) in [4.78, 5) is 20.7. The number of nitrogens with zero attached hydrogens (tertiary/aromatic N) is 2. The minimum atomic E-state index is -0.469. The van der Waals surface area contributed by atoms with Gasteiger partial charge in [-0.15, -0.1) is 0 Å². The zero-order chi connectivity index (χ0) is 14.8. The number of rotatable bonds is 1. The number of aromatic nitrogens is 2. The number of nitriles is 1. The van der Waals surface area contributed by atoms with E-state index in [4.69, 9.17) is 10.2 Å². The molecule has 0 saturated heterocycles. The van der Waals surface area contributed by atoms with Crippen LogP contribution < -0.4 is 0 Å². The summed E-state index contributed by atoms with van der Waals surface area (Å²) in [5.41, 5.74) is 1.77. The Labute approximate surface area is 123 Å². The van der Waals surface area contributed by atoms with Crippen LogP contribution in [0.3, 0.4) is 0 Å². The summed E-state index contributed by atoms with van der Waals surface area (Å²) in [5.74, 6) is 1.58. The van der Waals surface area contributed by atoms with Crippen LogP contribution in [-0.4, -0.2) is 15.8 Å². The highest BCUT2D eigenvalue weighted by Gasteiger charge is 2.66. The van der Waals surface area contributed by atoms with Gasteiger partial charge >= 0.3 is 0 Å². The number of benzene rings is 1. The second-order valence-electron chi connectivity index (χ2n) is 6.92. The second kappa shape index (κ2) is 3.73. The van der Waals surface area contributed by atoms with Gasteiger partial charge < -0.3 is 4.98 Å². The molecule has 4 nitrogen and oxygen atoms in total. The molecule has 0 aliphatic heterocycles. The molecule has 1 heterocycles. The molecule has 2 unspecified atom stereocenters. The van der Waals surface area contributed by atoms with Crippen molar-refractivity contribution in [3.05, 3.63) is 29.6 Å². The number of hydrogen-bond donors (Lipinski definition) is 1. The highest BCUT2D eigenvalue weighted by atomic mass is 16.1. The van der Waals surface area contributed by atoms with E-state index < -0.39 is 5.41 Å². The smallest absolute Gasteiger partial charge is 0.147 e. The van der Waals surface area contributed by atoms with Gasteiger partial charge in [-0.1, -0.05) is 13.8 Å². The number of ketones is 1. The standard InChI is InChI=1S/C17H17N3O/c1-16(2)11-5-6-17(16,14(21)8-11)15-19-12-4-3-10(9-18)7-13(12)20-15/h3-4,7,11H,5-6,8H2,1-2H3,(H,19,20). The number of imidazole rings is 1. The molecular formula is C17H17N3O. The molecule has 2 saturated carbocycles. The number of aromatic amines is 1. The lowest BCUT2D eigenvalue weighted by Crippen LogP contribution is -2.41. The monoisotopic (exact) mass is 279 g/mol. The first-order chi connectivity index (χ1) is 9.99. The molecule has 1 N–H and O–H groups in total. The first-order valence-electron chi connectivity index (χ1n) is 7.43. The Morgan fingerprint density at radius 2 is 2.24 bits per heavy atom. The van der Waals surface area contributed by atoms with E-state index in [9.17, 15) is 4.79 Å². The molecule has 0 spiro atoms. The van der Waals surface area contributed by atoms with Gasteiger partial charge in [-0.2, -0.15) is 5.26 Å². The normalized spacial score (nSPS) is 30.0. The van der Waals surface area contributed by atoms with Crippen LogP contribution in [0.25, 0.3) is 11.0 Å². The Hall–Kier alpha value is -2.15. The van der Waals surface area contributed by atoms with E-state index in [1.165, 1.54) is 0 Å². The Morgan fingerprint density at radius 1 is 1.43 bits per heavy atom. The zero-order valence-corrected chi connectivity index (χ0v) is 12.2. The SMILES string of the molecule is CC1(C)C2CCC1(c1nc3ccc(C#N)cc3[nH]1)C(=O)C2. The predicted octanol–water partition coefficient (Wildman–Crippen LogP) is 3.08. The third kappa shape index (κ3) is 1.34. The third-order valence-electron chi connectivity index (χ3n) is 5.91. The maximum Gasteiger partial charge on any atom is 0.147 e. The largest absolute Gasteiger partial charge is 0.341 e. The minimum absolute atomic E-state index is 0.0456. The van der Waals surface area contributed by atoms with E-state index in [-0.39, 0.29) is 5.41 Å². The van der Waals surface area contributed by atoms with E-state index in [2.05, 4.69) is 24.9 Å². The molecule has 21 heavy (non-hydrogen) atoms. The summed E-state index contributed by atoms with van der Waals surface area (Å²) in [5, 5.41) is 9.01. The van der Waals surface area contributed by atoms with Gasteiger partial charge in [0.25, 0.3) is 0 Å². The number of carbonyl (C=O) groups excluding carboxylic acids is 1. The maximum absolute atomic E-state index is 12.7. The number of nitrogens with one attached hydrogen (secondary N) is 1. The molecule has 2 atom stereocenters. The molecule has 106 valence electrons. The van der Waals surface area contributed by atoms with E-state index in [1.807, 2.05) is 6.07 Å². The Morgan fingerprint density at radius 3 is 2.86 bits per heavy atom. The van der Waals surface area contributed by atoms with Gasteiger partial charge in [0.05, 0.1) is 28.1 Å². The molecular weight excluding hydrogens is 262 g/mol. The number of H-pyrrole nitrogens is 1. The predicted molar refractivity (Wildman–Crippen MR) is 78.6 cm³/mol. The van der Waals surface area contributed by atoms with Crippen molar-refractivity contribution < 1.29 is 4.79 Å². The Bertz CT molecular complexity index is 811. The molecule has 2 bridgehead atoms. The van der Waals surface area contributed by atoms with Crippen molar-refractivity contribution >= 4 is 16.8 Å². The van der Waals surface area contributed by atoms with Crippen molar-refractivity contribution in [2.75, 3.05) is 0 Å². The van der Waals surface area contributed by atoms with Crippen LogP contribution in [-0.2, 0) is 10.2 Å². The number of Topliss-reactive ketones (excluding diaryl/α,β-unsaturated/α-hetero) is 1. The van der Waals surface area contributed by atoms with Crippen LogP contribution in [0.15, 0.2) is 18.2 Å². The van der Waals surface area contributed by atoms with E-state index >= 15 is 0 Å². The van der Waals surface area contributed by atoms with E-state index in [1.54, 1.807) is 12.1 Å². The highest BCUT2D eigenvalue weighted by molar-refractivity contribution is 5.95. The van der Waals surface area contributed by atoms with Crippen molar-refractivity contribution in [3.8, 4) is 6.07 Å². The lowest BCUT2D eigenvalue weighted by Gasteiger charge is -2.34. The Balaban J connectivity index is 1.94. The highest BCUT2D eigenvalue weighted by Crippen LogP contribution is 2.64. The van der Waals surface area contributed by atoms with Crippen molar-refractivity contribution in [3.63, 3.8) is 0 Å². The zero-order valence-electron chi connectivity index (χ0n) is 12.2. The Kier molecular flexibility index (Phi) is 2.24. The second-order valence-corrected chi connectivity index (χ2v) is 6.92. The van der Waals surface area contributed by atoms with Gasteiger partial charge in [-0.3, -0.25) is 4.79 Å². The fraction of sp³-hybridized carbons (Fsp3) is 0.471. The van der Waals surface area contributed by atoms with Gasteiger partial charge in [0.1, 0.15) is 11.6 Å². The molecule has 2 aromatic rings. The van der Waals surface area contributed by atoms with Gasteiger partial charge in [0.15, 0.2) is 0 Å². The number of fused-ring (bicyclic) bond motifs is 3. The van der Waals surface area contributed by atoms with Crippen LogP contribution in [0.2, 0.25) is 0 Å². The summed E-state index contributed by atoms with van der Waals surface area (Å²) in [7, 11) is 0. The van der Waals surface area contributed by atoms with Gasteiger partial charge in [0.2, 0.25) is 0 Å². The summed E-state index contributed by atoms with van der Waals surface area (Å²) in [6.45, 7) is 4.40. The summed E-state index contributed by atoms with van der Waals surface area (Å²) < 4.78 is 0. The lowest BCUT2D eigenvalue weighted by atomic mass is 9.68. The molecule has 0 amide bonds. The van der Waals surface area contributed by atoms with Gasteiger partial charge in [0, 0.05) is 6.42 Å². The van der Waals surface area contributed by atoms with Crippen LogP contribution in [0.1, 0.15) is 44.5 Å². The molecule has 1 aromatic heterocycles. The van der Waals surface area contributed by atoms with E-state index in [0.29, 0.717) is 23.7 Å². The first kappa shape index (κ1) is 12.6. The fourth-order valence-electron chi connectivity index (χ4n) is 4.51. The molecule has 2 aliphatic rings. The van der Waals surface area contributed by atoms with Crippen molar-refractivity contribution in [2.24, 2.45) is 11.3 Å². The van der Waals surface area contributed by atoms with Gasteiger partial charge in [-0.05, 0) is 42.4 Å². The summed E-state index contributed by atoms with van der Waals surface area (Å²) in [6, 6.07) is 7.56. The average molecular weight is 279 g/mol. The molecule has 4 heteroatoms. The molecule has 1 aromatic carbocycles. The van der Waals surface area contributed by atoms with Crippen molar-refractivity contribution in [1.29, 1.82) is 5.26 Å². The third-order valence-corrected chi connectivity index (χ3v) is 5.91. The lowest BCUT2D eigenvalue weighted by molar-refractivity contribution is -0.124. The molecule has 2 aliphatic carbocycles. The molecule has 0 radical (unpaired) electrons. The minimum Gasteiger partial charge on any atom is -0.341 e. The van der Waals surface area contributed by atoms with E-state index in [0.717, 1.165) is 29.7 Å². The first-order valence-corrected chi connectivity index (χ1v) is 7.43. The maximum atomic E-state index is 12.7. The van der Waals surface area contributed by atoms with Crippen LogP contribution in [0, 0.1) is 22.7 Å². The topological polar surface area (TPSA) is 69.5 Å². The van der Waals surface area contributed by atoms with Crippen LogP contribution >= 0.6 is 0 Å². The van der Waals surface area contributed by atoms with Crippen LogP contribution in [0.5, 0.6) is 0 Å². The van der Waals surface area contributed by atoms with Gasteiger partial charge in [-0.25, -0.2) is 4.98 Å². The average Bonchev–Trinajstić information content (AvgIpc) is 3.04. The number of hydrogen-bond acceptors (Lipinski definition) is 3. The fourth-order valence-corrected chi connectivity index (χ4v) is 4.51.